The summed E-state index contributed by atoms with van der Waals surface area (Å²) in [7, 11) is 3.11. The average molecular weight is 260 g/mol. The third-order valence-electron chi connectivity index (χ3n) is 3.04. The fraction of sp³-hybridized carbons (Fsp3) is 0.923. The molecule has 18 heavy (non-hydrogen) atoms. The van der Waals surface area contributed by atoms with Crippen molar-refractivity contribution in [3.05, 3.63) is 0 Å². The fourth-order valence-corrected chi connectivity index (χ4v) is 1.94. The van der Waals surface area contributed by atoms with Gasteiger partial charge in [0.1, 0.15) is 5.54 Å². The number of nitrogens with zero attached hydrogens (tertiary/aromatic N) is 1. The minimum Gasteiger partial charge on any atom is -0.468 e. The number of methoxy groups -OCH3 is 2. The summed E-state index contributed by atoms with van der Waals surface area (Å²) in [5, 5.41) is 3.21. The van der Waals surface area contributed by atoms with Gasteiger partial charge in [-0.2, -0.15) is 0 Å². The average Bonchev–Trinajstić information content (AvgIpc) is 2.33. The van der Waals surface area contributed by atoms with Gasteiger partial charge in [-0.15, -0.1) is 0 Å². The van der Waals surface area contributed by atoms with Gasteiger partial charge in [0.05, 0.1) is 13.7 Å². The van der Waals surface area contributed by atoms with Crippen molar-refractivity contribution in [2.45, 2.75) is 39.3 Å². The zero-order valence-corrected chi connectivity index (χ0v) is 12.6. The second-order valence-electron chi connectivity index (χ2n) is 4.91. The summed E-state index contributed by atoms with van der Waals surface area (Å²) in [6.45, 7) is 10.9. The lowest BCUT2D eigenvalue weighted by Crippen LogP contribution is -2.58. The molecule has 0 aliphatic carbocycles. The number of ether oxygens (including phenoxy) is 2. The van der Waals surface area contributed by atoms with Crippen LogP contribution in [0.2, 0.25) is 0 Å². The van der Waals surface area contributed by atoms with E-state index in [4.69, 9.17) is 9.47 Å². The molecule has 1 atom stereocenters. The van der Waals surface area contributed by atoms with Gasteiger partial charge in [0.25, 0.3) is 0 Å². The van der Waals surface area contributed by atoms with E-state index in [2.05, 4.69) is 24.1 Å². The predicted octanol–water partition coefficient (Wildman–Crippen LogP) is 0.884. The van der Waals surface area contributed by atoms with Crippen LogP contribution in [0, 0.1) is 0 Å². The maximum absolute atomic E-state index is 11.9. The molecule has 108 valence electrons. The lowest BCUT2D eigenvalue weighted by Gasteiger charge is -2.36. The van der Waals surface area contributed by atoms with Crippen molar-refractivity contribution in [2.24, 2.45) is 0 Å². The minimum absolute atomic E-state index is 0.229. The van der Waals surface area contributed by atoms with Crippen molar-refractivity contribution in [3.8, 4) is 0 Å². The molecule has 0 aromatic heterocycles. The van der Waals surface area contributed by atoms with Gasteiger partial charge in [-0.25, -0.2) is 0 Å². The quantitative estimate of drug-likeness (QED) is 0.624. The van der Waals surface area contributed by atoms with Gasteiger partial charge >= 0.3 is 5.97 Å². The number of rotatable bonds is 9. The number of likely N-dealkylation sites (N-methyl/N-ethyl adjacent to an activating group) is 1. The predicted molar refractivity (Wildman–Crippen MR) is 72.7 cm³/mol. The molecule has 5 nitrogen and oxygen atoms in total. The van der Waals surface area contributed by atoms with Gasteiger partial charge in [-0.3, -0.25) is 9.69 Å². The first kappa shape index (κ1) is 17.4. The molecular weight excluding hydrogens is 232 g/mol. The highest BCUT2D eigenvalue weighted by atomic mass is 16.5. The van der Waals surface area contributed by atoms with Gasteiger partial charge < -0.3 is 14.8 Å². The molecule has 0 aromatic carbocycles. The largest absolute Gasteiger partial charge is 0.468 e. The summed E-state index contributed by atoms with van der Waals surface area (Å²) in [5.74, 6) is -0.229. The Balaban J connectivity index is 4.74. The van der Waals surface area contributed by atoms with Gasteiger partial charge in [-0.05, 0) is 27.3 Å². The van der Waals surface area contributed by atoms with Crippen molar-refractivity contribution in [2.75, 3.05) is 40.5 Å². The smallest absolute Gasteiger partial charge is 0.327 e. The van der Waals surface area contributed by atoms with Crippen LogP contribution in [0.1, 0.15) is 27.7 Å². The Bertz CT molecular complexity index is 246. The Morgan fingerprint density at radius 1 is 1.39 bits per heavy atom. The Kier molecular flexibility index (Phi) is 8.15. The molecule has 0 saturated carbocycles. The molecule has 0 aromatic rings. The van der Waals surface area contributed by atoms with E-state index in [1.165, 1.54) is 7.11 Å². The number of nitrogens with one attached hydrogen (secondary N) is 1. The van der Waals surface area contributed by atoms with Crippen LogP contribution in [0.3, 0.4) is 0 Å². The number of carbonyl (C=O) groups excluding carboxylic acids is 1. The Hall–Kier alpha value is -0.650. The molecule has 0 aliphatic rings. The summed E-state index contributed by atoms with van der Waals surface area (Å²) in [4.78, 5) is 14.1. The van der Waals surface area contributed by atoms with E-state index in [0.29, 0.717) is 19.2 Å². The van der Waals surface area contributed by atoms with E-state index >= 15 is 0 Å². The first-order valence-corrected chi connectivity index (χ1v) is 6.47. The molecule has 0 heterocycles. The Morgan fingerprint density at radius 3 is 2.39 bits per heavy atom. The van der Waals surface area contributed by atoms with Crippen LogP contribution >= 0.6 is 0 Å². The molecule has 1 unspecified atom stereocenters. The monoisotopic (exact) mass is 260 g/mol. The molecular formula is C13H28N2O3. The van der Waals surface area contributed by atoms with E-state index < -0.39 is 5.54 Å². The van der Waals surface area contributed by atoms with E-state index in [-0.39, 0.29) is 5.97 Å². The maximum Gasteiger partial charge on any atom is 0.327 e. The summed E-state index contributed by atoms with van der Waals surface area (Å²) >= 11 is 0. The summed E-state index contributed by atoms with van der Waals surface area (Å²) < 4.78 is 10.00. The van der Waals surface area contributed by atoms with Crippen molar-refractivity contribution in [1.29, 1.82) is 0 Å². The molecule has 1 N–H and O–H groups in total. The summed E-state index contributed by atoms with van der Waals surface area (Å²) in [5.41, 5.74) is -0.679. The highest BCUT2D eigenvalue weighted by Crippen LogP contribution is 2.11. The summed E-state index contributed by atoms with van der Waals surface area (Å²) in [6, 6.07) is 0.350. The standard InChI is InChI=1S/C13H28N2O3/c1-7-14-13(4,12(16)18-6)10-15(11(2)3)8-9-17-5/h11,14H,7-10H2,1-6H3. The minimum atomic E-state index is -0.679. The third-order valence-corrected chi connectivity index (χ3v) is 3.04. The molecule has 0 amide bonds. The number of hydrogen-bond donors (Lipinski definition) is 1. The van der Waals surface area contributed by atoms with Crippen LogP contribution in [0.5, 0.6) is 0 Å². The molecule has 0 spiro atoms. The van der Waals surface area contributed by atoms with E-state index in [0.717, 1.165) is 13.1 Å². The Labute approximate surface area is 111 Å². The SMILES string of the molecule is CCNC(C)(CN(CCOC)C(C)C)C(=O)OC. The maximum atomic E-state index is 11.9. The van der Waals surface area contributed by atoms with Crippen LogP contribution in [-0.4, -0.2) is 62.9 Å². The van der Waals surface area contributed by atoms with Crippen LogP contribution in [0.25, 0.3) is 0 Å². The highest BCUT2D eigenvalue weighted by Gasteiger charge is 2.35. The van der Waals surface area contributed by atoms with E-state index in [1.54, 1.807) is 7.11 Å². The lowest BCUT2D eigenvalue weighted by atomic mass is 10.0. The highest BCUT2D eigenvalue weighted by molar-refractivity contribution is 5.80. The van der Waals surface area contributed by atoms with Gasteiger partial charge in [0, 0.05) is 26.2 Å². The molecule has 0 fully saturated rings. The number of carbonyl (C=O) groups is 1. The molecule has 0 radical (unpaired) electrons. The van der Waals surface area contributed by atoms with Crippen LogP contribution < -0.4 is 5.32 Å². The first-order chi connectivity index (χ1) is 8.41. The molecule has 5 heteroatoms. The molecule has 0 bridgehead atoms. The lowest BCUT2D eigenvalue weighted by molar-refractivity contribution is -0.149. The van der Waals surface area contributed by atoms with Crippen LogP contribution in [0.4, 0.5) is 0 Å². The second-order valence-corrected chi connectivity index (χ2v) is 4.91. The third kappa shape index (κ3) is 5.33. The second kappa shape index (κ2) is 8.45. The normalized spacial score (nSPS) is 14.9. The zero-order valence-electron chi connectivity index (χ0n) is 12.6. The van der Waals surface area contributed by atoms with Crippen LogP contribution in [0.15, 0.2) is 0 Å². The molecule has 0 aliphatic heterocycles. The van der Waals surface area contributed by atoms with Gasteiger partial charge in [-0.1, -0.05) is 6.92 Å². The van der Waals surface area contributed by atoms with Crippen LogP contribution in [-0.2, 0) is 14.3 Å². The molecule has 0 saturated heterocycles. The van der Waals surface area contributed by atoms with E-state index in [1.807, 2.05) is 13.8 Å². The number of esters is 1. The Morgan fingerprint density at radius 2 is 2.00 bits per heavy atom. The number of hydrogen-bond acceptors (Lipinski definition) is 5. The summed E-state index contributed by atoms with van der Waals surface area (Å²) in [6.07, 6.45) is 0. The van der Waals surface area contributed by atoms with E-state index in [9.17, 15) is 4.79 Å². The molecule has 0 rings (SSSR count). The zero-order chi connectivity index (χ0) is 14.2. The van der Waals surface area contributed by atoms with Gasteiger partial charge in [0.15, 0.2) is 0 Å². The van der Waals surface area contributed by atoms with Crippen molar-refractivity contribution in [3.63, 3.8) is 0 Å². The van der Waals surface area contributed by atoms with Crippen molar-refractivity contribution in [1.82, 2.24) is 10.2 Å². The first-order valence-electron chi connectivity index (χ1n) is 6.47. The fourth-order valence-electron chi connectivity index (χ4n) is 1.94. The van der Waals surface area contributed by atoms with Crippen molar-refractivity contribution >= 4 is 5.97 Å². The topological polar surface area (TPSA) is 50.8 Å². The van der Waals surface area contributed by atoms with Crippen molar-refractivity contribution < 1.29 is 14.3 Å². The van der Waals surface area contributed by atoms with Gasteiger partial charge in [0.2, 0.25) is 0 Å².